The van der Waals surface area contributed by atoms with Gasteiger partial charge in [-0.2, -0.15) is 0 Å². The summed E-state index contributed by atoms with van der Waals surface area (Å²) in [6.07, 6.45) is 1.44. The van der Waals surface area contributed by atoms with Crippen LogP contribution in [0.1, 0.15) is 37.5 Å². The lowest BCUT2D eigenvalue weighted by Gasteiger charge is -2.18. The Morgan fingerprint density at radius 3 is 2.53 bits per heavy atom. The molecule has 2 rings (SSSR count). The number of aliphatic hydroxyl groups is 1. The second kappa shape index (κ2) is 4.53. The van der Waals surface area contributed by atoms with Crippen LogP contribution in [0.4, 0.5) is 0 Å². The Kier molecular flexibility index (Phi) is 3.04. The van der Waals surface area contributed by atoms with Crippen molar-refractivity contribution in [3.05, 3.63) is 58.9 Å². The standard InChI is InChI=1S/C14H10O5/c1-2-4-9-11(15)7-5-3-6-8(14(18)19)10(7)13(17)12(9)16/h2-3,5-6,16H,1,4H2,(H,18,19). The molecule has 2 N–H and O–H groups in total. The number of fused-ring (bicyclic) bond motifs is 1. The predicted octanol–water partition coefficient (Wildman–Crippen LogP) is 2.15. The van der Waals surface area contributed by atoms with Gasteiger partial charge >= 0.3 is 5.97 Å². The van der Waals surface area contributed by atoms with Crippen LogP contribution >= 0.6 is 0 Å². The van der Waals surface area contributed by atoms with Crippen molar-refractivity contribution in [3.8, 4) is 0 Å². The van der Waals surface area contributed by atoms with Gasteiger partial charge in [-0.25, -0.2) is 4.79 Å². The van der Waals surface area contributed by atoms with Gasteiger partial charge in [0.1, 0.15) is 0 Å². The molecule has 0 fully saturated rings. The van der Waals surface area contributed by atoms with Crippen LogP contribution in [0, 0.1) is 0 Å². The maximum absolute atomic E-state index is 12.1. The molecule has 1 aliphatic rings. The van der Waals surface area contributed by atoms with Gasteiger partial charge in [0.15, 0.2) is 11.5 Å². The number of carboxylic acids is 1. The molecule has 0 aliphatic heterocycles. The van der Waals surface area contributed by atoms with Crippen molar-refractivity contribution in [2.75, 3.05) is 0 Å². The lowest BCUT2D eigenvalue weighted by molar-refractivity contribution is 0.0691. The number of aliphatic hydroxyl groups excluding tert-OH is 1. The fourth-order valence-corrected chi connectivity index (χ4v) is 2.02. The first-order chi connectivity index (χ1) is 8.99. The van der Waals surface area contributed by atoms with Crippen LogP contribution in [0.15, 0.2) is 42.2 Å². The Bertz CT molecular complexity index is 652. The molecule has 5 nitrogen and oxygen atoms in total. The molecule has 19 heavy (non-hydrogen) atoms. The van der Waals surface area contributed by atoms with Crippen molar-refractivity contribution in [2.24, 2.45) is 0 Å². The summed E-state index contributed by atoms with van der Waals surface area (Å²) < 4.78 is 0. The van der Waals surface area contributed by atoms with Gasteiger partial charge in [-0.05, 0) is 12.5 Å². The van der Waals surface area contributed by atoms with E-state index in [1.165, 1.54) is 24.3 Å². The van der Waals surface area contributed by atoms with Crippen LogP contribution in [-0.2, 0) is 0 Å². The zero-order chi connectivity index (χ0) is 14.2. The number of carbonyl (C=O) groups excluding carboxylic acids is 2. The monoisotopic (exact) mass is 258 g/mol. The average molecular weight is 258 g/mol. The SMILES string of the molecule is C=CCC1=C(O)C(=O)c2c(C(=O)O)cccc2C1=O. The van der Waals surface area contributed by atoms with Crippen molar-refractivity contribution < 1.29 is 24.6 Å². The van der Waals surface area contributed by atoms with Gasteiger partial charge < -0.3 is 10.2 Å². The van der Waals surface area contributed by atoms with E-state index in [0.29, 0.717) is 0 Å². The van der Waals surface area contributed by atoms with E-state index >= 15 is 0 Å². The van der Waals surface area contributed by atoms with E-state index in [0.717, 1.165) is 0 Å². The summed E-state index contributed by atoms with van der Waals surface area (Å²) in [6.45, 7) is 3.45. The number of Topliss-reactive ketones (excluding diaryl/α,β-unsaturated/α-hetero) is 2. The van der Waals surface area contributed by atoms with E-state index in [-0.39, 0.29) is 28.7 Å². The number of hydrogen-bond donors (Lipinski definition) is 2. The van der Waals surface area contributed by atoms with Crippen LogP contribution < -0.4 is 0 Å². The molecule has 0 atom stereocenters. The summed E-state index contributed by atoms with van der Waals surface area (Å²) in [5.41, 5.74) is -0.611. The molecule has 1 aliphatic carbocycles. The Labute approximate surface area is 108 Å². The molecular formula is C14H10O5. The number of ketones is 2. The van der Waals surface area contributed by atoms with Crippen molar-refractivity contribution >= 4 is 17.5 Å². The molecule has 0 saturated heterocycles. The molecule has 0 aromatic heterocycles. The largest absolute Gasteiger partial charge is 0.504 e. The number of hydrogen-bond acceptors (Lipinski definition) is 4. The van der Waals surface area contributed by atoms with Gasteiger partial charge in [0.05, 0.1) is 11.1 Å². The molecule has 96 valence electrons. The van der Waals surface area contributed by atoms with E-state index in [9.17, 15) is 19.5 Å². The lowest BCUT2D eigenvalue weighted by atomic mass is 9.84. The van der Waals surface area contributed by atoms with Gasteiger partial charge in [0, 0.05) is 11.1 Å². The molecule has 0 heterocycles. The van der Waals surface area contributed by atoms with Crippen LogP contribution in [0.2, 0.25) is 0 Å². The topological polar surface area (TPSA) is 91.7 Å². The Hall–Kier alpha value is -2.69. The van der Waals surface area contributed by atoms with E-state index in [4.69, 9.17) is 5.11 Å². The molecule has 0 radical (unpaired) electrons. The van der Waals surface area contributed by atoms with Gasteiger partial charge in [0.25, 0.3) is 0 Å². The minimum absolute atomic E-state index is 0.000417. The summed E-state index contributed by atoms with van der Waals surface area (Å²) in [6, 6.07) is 3.98. The minimum Gasteiger partial charge on any atom is -0.504 e. The number of aromatic carboxylic acids is 1. The Morgan fingerprint density at radius 1 is 1.26 bits per heavy atom. The number of allylic oxidation sites excluding steroid dienone is 3. The highest BCUT2D eigenvalue weighted by molar-refractivity contribution is 6.28. The molecule has 1 aromatic carbocycles. The summed E-state index contributed by atoms with van der Waals surface area (Å²) in [4.78, 5) is 35.2. The van der Waals surface area contributed by atoms with Gasteiger partial charge in [-0.1, -0.05) is 18.2 Å². The summed E-state index contributed by atoms with van der Waals surface area (Å²) in [7, 11) is 0. The number of benzene rings is 1. The molecule has 0 spiro atoms. The smallest absolute Gasteiger partial charge is 0.336 e. The highest BCUT2D eigenvalue weighted by Gasteiger charge is 2.34. The van der Waals surface area contributed by atoms with Crippen molar-refractivity contribution in [1.82, 2.24) is 0 Å². The summed E-state index contributed by atoms with van der Waals surface area (Å²) in [5, 5.41) is 18.8. The van der Waals surface area contributed by atoms with Crippen molar-refractivity contribution in [1.29, 1.82) is 0 Å². The van der Waals surface area contributed by atoms with Gasteiger partial charge in [0.2, 0.25) is 5.78 Å². The Morgan fingerprint density at radius 2 is 1.95 bits per heavy atom. The van der Waals surface area contributed by atoms with Gasteiger partial charge in [-0.3, -0.25) is 9.59 Å². The van der Waals surface area contributed by atoms with Crippen LogP contribution in [0.25, 0.3) is 0 Å². The normalized spacial score (nSPS) is 14.3. The second-order valence-electron chi connectivity index (χ2n) is 4.01. The molecule has 0 amide bonds. The van der Waals surface area contributed by atoms with Crippen LogP contribution in [0.5, 0.6) is 0 Å². The van der Waals surface area contributed by atoms with Crippen molar-refractivity contribution in [3.63, 3.8) is 0 Å². The third-order valence-corrected chi connectivity index (χ3v) is 2.89. The van der Waals surface area contributed by atoms with Crippen molar-refractivity contribution in [2.45, 2.75) is 6.42 Å². The third-order valence-electron chi connectivity index (χ3n) is 2.89. The first kappa shape index (κ1) is 12.8. The zero-order valence-corrected chi connectivity index (χ0v) is 9.84. The lowest BCUT2D eigenvalue weighted by Crippen LogP contribution is -2.24. The van der Waals surface area contributed by atoms with Gasteiger partial charge in [-0.15, -0.1) is 6.58 Å². The second-order valence-corrected chi connectivity index (χ2v) is 4.01. The van der Waals surface area contributed by atoms with Crippen LogP contribution in [0.3, 0.4) is 0 Å². The number of carbonyl (C=O) groups is 3. The number of rotatable bonds is 3. The van der Waals surface area contributed by atoms with E-state index in [1.807, 2.05) is 0 Å². The zero-order valence-electron chi connectivity index (χ0n) is 9.84. The first-order valence-corrected chi connectivity index (χ1v) is 5.47. The Balaban J connectivity index is 2.73. The fourth-order valence-electron chi connectivity index (χ4n) is 2.02. The molecular weight excluding hydrogens is 248 g/mol. The average Bonchev–Trinajstić information content (AvgIpc) is 2.40. The molecule has 1 aromatic rings. The molecule has 0 unspecified atom stereocenters. The summed E-state index contributed by atoms with van der Waals surface area (Å²) >= 11 is 0. The summed E-state index contributed by atoms with van der Waals surface area (Å²) in [5.74, 6) is -3.41. The number of carboxylic acid groups (broad SMARTS) is 1. The highest BCUT2D eigenvalue weighted by atomic mass is 16.4. The van der Waals surface area contributed by atoms with E-state index < -0.39 is 23.3 Å². The van der Waals surface area contributed by atoms with Crippen LogP contribution in [-0.4, -0.2) is 27.7 Å². The maximum atomic E-state index is 12.1. The predicted molar refractivity (Wildman–Crippen MR) is 66.5 cm³/mol. The quantitative estimate of drug-likeness (QED) is 0.810. The third kappa shape index (κ3) is 1.85. The maximum Gasteiger partial charge on any atom is 0.336 e. The molecule has 5 heteroatoms. The minimum atomic E-state index is -1.32. The first-order valence-electron chi connectivity index (χ1n) is 5.47. The van der Waals surface area contributed by atoms with E-state index in [2.05, 4.69) is 6.58 Å². The molecule has 0 saturated carbocycles. The molecule has 0 bridgehead atoms. The van der Waals surface area contributed by atoms with E-state index in [1.54, 1.807) is 0 Å². The highest BCUT2D eigenvalue weighted by Crippen LogP contribution is 2.29. The fraction of sp³-hybridized carbons (Fsp3) is 0.0714.